The highest BCUT2D eigenvalue weighted by atomic mass is 79.9. The van der Waals surface area contributed by atoms with Crippen LogP contribution in [0.1, 0.15) is 18.9 Å². The van der Waals surface area contributed by atoms with Crippen LogP contribution in [0, 0.1) is 11.7 Å². The topological polar surface area (TPSA) is 49.3 Å². The molecule has 0 amide bonds. The van der Waals surface area contributed by atoms with Crippen molar-refractivity contribution in [2.24, 2.45) is 5.92 Å². The van der Waals surface area contributed by atoms with Gasteiger partial charge in [0, 0.05) is 10.9 Å². The number of nitrogens with one attached hydrogen (secondary N) is 1. The van der Waals surface area contributed by atoms with Crippen LogP contribution in [0.4, 0.5) is 4.39 Å². The second-order valence-corrected chi connectivity index (χ2v) is 5.31. The minimum atomic E-state index is -0.790. The Morgan fingerprint density at radius 3 is 2.94 bits per heavy atom. The summed E-state index contributed by atoms with van der Waals surface area (Å²) in [5.74, 6) is -0.921. The molecule has 1 atom stereocenters. The van der Waals surface area contributed by atoms with Gasteiger partial charge in [0.15, 0.2) is 0 Å². The monoisotopic (exact) mass is 317 g/mol. The van der Waals surface area contributed by atoms with Gasteiger partial charge in [0.05, 0.1) is 0 Å². The molecule has 2 N–H and O–H groups in total. The van der Waals surface area contributed by atoms with Crippen LogP contribution in [-0.2, 0) is 11.2 Å². The van der Waals surface area contributed by atoms with Gasteiger partial charge in [-0.25, -0.2) is 4.39 Å². The lowest BCUT2D eigenvalue weighted by molar-refractivity contribution is -0.137. The maximum atomic E-state index is 13.4. The van der Waals surface area contributed by atoms with E-state index in [1.807, 2.05) is 6.92 Å². The summed E-state index contributed by atoms with van der Waals surface area (Å²) in [5.41, 5.74) is 0.655. The van der Waals surface area contributed by atoms with Crippen LogP contribution in [0.5, 0.6) is 0 Å². The van der Waals surface area contributed by atoms with Gasteiger partial charge in [-0.15, -0.1) is 0 Å². The molecule has 0 radical (unpaired) electrons. The minimum Gasteiger partial charge on any atom is -0.481 e. The number of hydrogen-bond donors (Lipinski definition) is 2. The molecule has 100 valence electrons. The van der Waals surface area contributed by atoms with E-state index in [4.69, 9.17) is 5.11 Å². The highest BCUT2D eigenvalue weighted by molar-refractivity contribution is 9.10. The lowest BCUT2D eigenvalue weighted by atomic mass is 10.1. The Morgan fingerprint density at radius 1 is 1.56 bits per heavy atom. The van der Waals surface area contributed by atoms with Crippen LogP contribution in [-0.4, -0.2) is 24.2 Å². The first kappa shape index (κ1) is 15.1. The molecule has 1 aromatic rings. The first-order valence-corrected chi connectivity index (χ1v) is 6.64. The van der Waals surface area contributed by atoms with Crippen molar-refractivity contribution in [3.05, 3.63) is 34.1 Å². The van der Waals surface area contributed by atoms with Gasteiger partial charge >= 0.3 is 5.97 Å². The molecule has 0 spiro atoms. The Labute approximate surface area is 115 Å². The highest BCUT2D eigenvalue weighted by Gasteiger charge is 2.07. The summed E-state index contributed by atoms with van der Waals surface area (Å²) < 4.78 is 14.3. The minimum absolute atomic E-state index is 0.0786. The van der Waals surface area contributed by atoms with E-state index >= 15 is 0 Å². The fourth-order valence-corrected chi connectivity index (χ4v) is 2.09. The average molecular weight is 318 g/mol. The first-order chi connectivity index (χ1) is 8.49. The Balaban J connectivity index is 2.29. The predicted molar refractivity (Wildman–Crippen MR) is 72.1 cm³/mol. The smallest absolute Gasteiger partial charge is 0.303 e. The van der Waals surface area contributed by atoms with E-state index in [0.29, 0.717) is 25.1 Å². The molecule has 0 saturated carbocycles. The van der Waals surface area contributed by atoms with Crippen molar-refractivity contribution in [1.29, 1.82) is 0 Å². The zero-order valence-corrected chi connectivity index (χ0v) is 11.8. The van der Waals surface area contributed by atoms with Crippen molar-refractivity contribution in [3.8, 4) is 0 Å². The van der Waals surface area contributed by atoms with Crippen LogP contribution in [0.2, 0.25) is 0 Å². The third kappa shape index (κ3) is 5.60. The molecule has 0 aliphatic carbocycles. The van der Waals surface area contributed by atoms with E-state index in [9.17, 15) is 9.18 Å². The molecule has 0 aliphatic heterocycles. The standard InChI is InChI=1S/C13H17BrFNO2/c1-9(6-13(17)18)8-16-5-4-10-7-11(14)2-3-12(10)15/h2-3,7,9,16H,4-6,8H2,1H3,(H,17,18). The van der Waals surface area contributed by atoms with Crippen LogP contribution < -0.4 is 5.32 Å². The molecule has 0 heterocycles. The van der Waals surface area contributed by atoms with Crippen molar-refractivity contribution < 1.29 is 14.3 Å². The third-order valence-corrected chi connectivity index (χ3v) is 3.09. The Kier molecular flexibility index (Phi) is 6.29. The fraction of sp³-hybridized carbons (Fsp3) is 0.462. The molecule has 18 heavy (non-hydrogen) atoms. The van der Waals surface area contributed by atoms with Gasteiger partial charge in [-0.3, -0.25) is 4.79 Å². The van der Waals surface area contributed by atoms with Crippen LogP contribution in [0.3, 0.4) is 0 Å². The van der Waals surface area contributed by atoms with Crippen molar-refractivity contribution in [1.82, 2.24) is 5.32 Å². The fourth-order valence-electron chi connectivity index (χ4n) is 1.68. The van der Waals surface area contributed by atoms with Gasteiger partial charge in [0.1, 0.15) is 5.82 Å². The molecule has 0 fully saturated rings. The molecule has 1 aromatic carbocycles. The van der Waals surface area contributed by atoms with Gasteiger partial charge in [-0.1, -0.05) is 22.9 Å². The van der Waals surface area contributed by atoms with Gasteiger partial charge < -0.3 is 10.4 Å². The second-order valence-electron chi connectivity index (χ2n) is 4.39. The van der Waals surface area contributed by atoms with E-state index in [0.717, 1.165) is 4.47 Å². The number of rotatable bonds is 7. The lowest BCUT2D eigenvalue weighted by Crippen LogP contribution is -2.25. The maximum absolute atomic E-state index is 13.4. The van der Waals surface area contributed by atoms with Gasteiger partial charge in [-0.2, -0.15) is 0 Å². The molecular formula is C13H17BrFNO2. The van der Waals surface area contributed by atoms with Crippen LogP contribution in [0.15, 0.2) is 22.7 Å². The number of carbonyl (C=O) groups is 1. The van der Waals surface area contributed by atoms with Crippen molar-refractivity contribution in [3.63, 3.8) is 0 Å². The predicted octanol–water partition coefficient (Wildman–Crippen LogP) is 2.83. The second kappa shape index (κ2) is 7.48. The number of carboxylic acids is 1. The van der Waals surface area contributed by atoms with Gasteiger partial charge in [0.25, 0.3) is 0 Å². The number of benzene rings is 1. The quantitative estimate of drug-likeness (QED) is 0.760. The number of carboxylic acid groups (broad SMARTS) is 1. The zero-order chi connectivity index (χ0) is 13.5. The molecule has 3 nitrogen and oxygen atoms in total. The van der Waals surface area contributed by atoms with Crippen molar-refractivity contribution in [2.45, 2.75) is 19.8 Å². The molecule has 0 aromatic heterocycles. The van der Waals surface area contributed by atoms with E-state index < -0.39 is 5.97 Å². The molecular weight excluding hydrogens is 301 g/mol. The summed E-state index contributed by atoms with van der Waals surface area (Å²) >= 11 is 3.30. The third-order valence-electron chi connectivity index (χ3n) is 2.59. The van der Waals surface area contributed by atoms with E-state index in [-0.39, 0.29) is 18.2 Å². The summed E-state index contributed by atoms with van der Waals surface area (Å²) in [7, 11) is 0. The number of aliphatic carboxylic acids is 1. The van der Waals surface area contributed by atoms with Crippen LogP contribution >= 0.6 is 15.9 Å². The molecule has 5 heteroatoms. The lowest BCUT2D eigenvalue weighted by Gasteiger charge is -2.10. The number of hydrogen-bond acceptors (Lipinski definition) is 2. The highest BCUT2D eigenvalue weighted by Crippen LogP contribution is 2.15. The summed E-state index contributed by atoms with van der Waals surface area (Å²) in [5, 5.41) is 11.7. The number of halogens is 2. The molecule has 1 unspecified atom stereocenters. The normalized spacial score (nSPS) is 12.4. The van der Waals surface area contributed by atoms with Crippen molar-refractivity contribution in [2.75, 3.05) is 13.1 Å². The molecule has 0 saturated heterocycles. The Morgan fingerprint density at radius 2 is 2.28 bits per heavy atom. The molecule has 0 bridgehead atoms. The largest absolute Gasteiger partial charge is 0.481 e. The summed E-state index contributed by atoms with van der Waals surface area (Å²) in [4.78, 5) is 10.5. The van der Waals surface area contributed by atoms with E-state index in [1.165, 1.54) is 6.07 Å². The van der Waals surface area contributed by atoms with Crippen molar-refractivity contribution >= 4 is 21.9 Å². The average Bonchev–Trinajstić information content (AvgIpc) is 2.28. The summed E-state index contributed by atoms with van der Waals surface area (Å²) in [6.07, 6.45) is 0.739. The Bertz CT molecular complexity index is 412. The van der Waals surface area contributed by atoms with Gasteiger partial charge in [-0.05, 0) is 49.2 Å². The SMILES string of the molecule is CC(CNCCc1cc(Br)ccc1F)CC(=O)O. The zero-order valence-electron chi connectivity index (χ0n) is 10.2. The summed E-state index contributed by atoms with van der Waals surface area (Å²) in [6, 6.07) is 4.87. The Hall–Kier alpha value is -0.940. The molecule has 1 rings (SSSR count). The van der Waals surface area contributed by atoms with E-state index in [1.54, 1.807) is 12.1 Å². The first-order valence-electron chi connectivity index (χ1n) is 5.85. The summed E-state index contributed by atoms with van der Waals surface area (Å²) in [6.45, 7) is 3.14. The maximum Gasteiger partial charge on any atom is 0.303 e. The van der Waals surface area contributed by atoms with E-state index in [2.05, 4.69) is 21.2 Å². The molecule has 0 aliphatic rings. The van der Waals surface area contributed by atoms with Crippen LogP contribution in [0.25, 0.3) is 0 Å². The van der Waals surface area contributed by atoms with Gasteiger partial charge in [0.2, 0.25) is 0 Å².